The van der Waals surface area contributed by atoms with E-state index in [-0.39, 0.29) is 5.41 Å². The molecule has 0 saturated heterocycles. The molecule has 1 heteroatoms. The van der Waals surface area contributed by atoms with Crippen LogP contribution in [0.2, 0.25) is 0 Å². The maximum atomic E-state index is 6.03. The molecule has 0 saturated carbocycles. The number of anilines is 1. The summed E-state index contributed by atoms with van der Waals surface area (Å²) in [5.41, 5.74) is 29.9. The number of benzene rings is 6. The van der Waals surface area contributed by atoms with Crippen molar-refractivity contribution in [2.45, 2.75) is 58.8 Å². The van der Waals surface area contributed by atoms with Crippen LogP contribution in [0, 0.1) is 5.92 Å². The fraction of sp³-hybridized carbons (Fsp3) is 0.167. The lowest BCUT2D eigenvalue weighted by molar-refractivity contribution is 0.657. The smallest absolute Gasteiger partial charge is 0.0326 e. The Morgan fingerprint density at radius 1 is 0.689 bits per heavy atom. The predicted molar refractivity (Wildman–Crippen MR) is 263 cm³/mol. The van der Waals surface area contributed by atoms with E-state index in [2.05, 4.69) is 154 Å². The van der Waals surface area contributed by atoms with Crippen LogP contribution in [0.15, 0.2) is 223 Å². The minimum Gasteiger partial charge on any atom is -0.399 e. The summed E-state index contributed by atoms with van der Waals surface area (Å²) >= 11 is 0. The second-order valence-corrected chi connectivity index (χ2v) is 16.8. The topological polar surface area (TPSA) is 26.0 Å². The van der Waals surface area contributed by atoms with Gasteiger partial charge in [0.2, 0.25) is 0 Å². The third-order valence-electron chi connectivity index (χ3n) is 12.7. The van der Waals surface area contributed by atoms with Crippen molar-refractivity contribution in [3.63, 3.8) is 0 Å². The third-order valence-corrected chi connectivity index (χ3v) is 12.7. The number of nitrogens with two attached hydrogens (primary N) is 1. The van der Waals surface area contributed by atoms with E-state index in [1.807, 2.05) is 68.5 Å². The second kappa shape index (κ2) is 17.9. The Kier molecular flexibility index (Phi) is 12.0. The number of fused-ring (bicyclic) bond motifs is 4. The van der Waals surface area contributed by atoms with E-state index in [1.54, 1.807) is 11.1 Å². The molecule has 2 N–H and O–H groups in total. The van der Waals surface area contributed by atoms with Crippen LogP contribution in [0.25, 0.3) is 39.0 Å². The molecule has 1 nitrogen and oxygen atoms in total. The summed E-state index contributed by atoms with van der Waals surface area (Å²) in [4.78, 5) is 0. The van der Waals surface area contributed by atoms with E-state index >= 15 is 0 Å². The molecule has 0 amide bonds. The molecule has 4 aliphatic rings. The molecular weight excluding hydrogens is 735 g/mol. The molecule has 1 unspecified atom stereocenters. The van der Waals surface area contributed by atoms with Crippen LogP contribution < -0.4 is 5.73 Å². The zero-order valence-electron chi connectivity index (χ0n) is 36.2. The van der Waals surface area contributed by atoms with Crippen LogP contribution >= 0.6 is 0 Å². The largest absolute Gasteiger partial charge is 0.399 e. The minimum absolute atomic E-state index is 0.0599. The number of allylic oxidation sites excluding steroid dienone is 12. The van der Waals surface area contributed by atoms with Gasteiger partial charge in [-0.05, 0) is 127 Å². The van der Waals surface area contributed by atoms with Gasteiger partial charge in [-0.1, -0.05) is 216 Å². The Bertz CT molecular complexity index is 2710. The van der Waals surface area contributed by atoms with Gasteiger partial charge in [0.1, 0.15) is 0 Å². The fourth-order valence-electron chi connectivity index (χ4n) is 9.60. The number of nitrogen functional groups attached to an aromatic ring is 1. The average molecular weight is 792 g/mol. The number of hydrogen-bond donors (Lipinski definition) is 1. The van der Waals surface area contributed by atoms with Gasteiger partial charge in [0.05, 0.1) is 0 Å². The maximum Gasteiger partial charge on any atom is 0.0326 e. The Morgan fingerprint density at radius 3 is 2.03 bits per heavy atom. The quantitative estimate of drug-likeness (QED) is 0.115. The lowest BCUT2D eigenvalue weighted by atomic mass is 9.81. The fourth-order valence-corrected chi connectivity index (χ4v) is 9.60. The summed E-state index contributed by atoms with van der Waals surface area (Å²) in [6, 6.07) is 51.5. The Balaban J connectivity index is 0.000000205. The van der Waals surface area contributed by atoms with E-state index in [9.17, 15) is 0 Å². The van der Waals surface area contributed by atoms with Gasteiger partial charge in [-0.15, -0.1) is 0 Å². The maximum absolute atomic E-state index is 6.03. The normalized spacial score (nSPS) is 16.2. The van der Waals surface area contributed by atoms with E-state index in [4.69, 9.17) is 5.73 Å². The standard InChI is InChI=1S/C40H36.C18H15N.C2H6/c1-5-26(2)32-14-7-6-12-29(32)13-10-11-27-22-31-25-37-30(18-20-33(37)36(31)23-27)21-28-17-19-35-34-15-8-9-16-38(34)40(3,4)39(35)24-28;19-18-12-16(14-7-3-1-4-8-14)11-17(13-18)15-9-5-2-6-10-15;1-2/h5-12,14-20,23-24,30H,1-2,13,21-22,25H2,3-4H3;1-13H,19H2;1-2H3. The summed E-state index contributed by atoms with van der Waals surface area (Å²) in [6.07, 6.45) is 17.9. The van der Waals surface area contributed by atoms with Crippen molar-refractivity contribution in [1.29, 1.82) is 0 Å². The average Bonchev–Trinajstić information content (AvgIpc) is 4.04. The van der Waals surface area contributed by atoms with Crippen LogP contribution in [0.1, 0.15) is 68.4 Å². The van der Waals surface area contributed by atoms with Crippen LogP contribution in [-0.4, -0.2) is 0 Å². The molecule has 1 atom stereocenters. The Labute approximate surface area is 364 Å². The lowest BCUT2D eigenvalue weighted by Crippen LogP contribution is -2.15. The Morgan fingerprint density at radius 2 is 1.33 bits per heavy atom. The van der Waals surface area contributed by atoms with Crippen LogP contribution in [0.5, 0.6) is 0 Å². The number of rotatable bonds is 9. The molecular formula is C60H57N. The van der Waals surface area contributed by atoms with Crippen molar-refractivity contribution in [2.24, 2.45) is 5.92 Å². The van der Waals surface area contributed by atoms with Gasteiger partial charge in [0.25, 0.3) is 0 Å². The van der Waals surface area contributed by atoms with Crippen molar-refractivity contribution in [3.8, 4) is 33.4 Å². The van der Waals surface area contributed by atoms with Gasteiger partial charge in [-0.3, -0.25) is 0 Å². The van der Waals surface area contributed by atoms with E-state index in [0.717, 1.165) is 48.1 Å². The van der Waals surface area contributed by atoms with Crippen molar-refractivity contribution in [3.05, 3.63) is 251 Å². The van der Waals surface area contributed by atoms with Crippen molar-refractivity contribution >= 4 is 11.3 Å². The minimum atomic E-state index is 0.0599. The monoisotopic (exact) mass is 791 g/mol. The molecule has 0 bridgehead atoms. The van der Waals surface area contributed by atoms with Gasteiger partial charge in [-0.2, -0.15) is 0 Å². The molecule has 10 rings (SSSR count). The Hall–Kier alpha value is -6.70. The highest BCUT2D eigenvalue weighted by Gasteiger charge is 2.36. The van der Waals surface area contributed by atoms with Gasteiger partial charge in [0, 0.05) is 17.0 Å². The molecule has 4 aliphatic carbocycles. The van der Waals surface area contributed by atoms with E-state index in [1.165, 1.54) is 66.8 Å². The summed E-state index contributed by atoms with van der Waals surface area (Å²) in [6.45, 7) is 16.8. The molecule has 0 radical (unpaired) electrons. The first-order chi connectivity index (χ1) is 29.8. The molecule has 0 heterocycles. The first-order valence-corrected chi connectivity index (χ1v) is 21.9. The third kappa shape index (κ3) is 8.39. The van der Waals surface area contributed by atoms with Crippen LogP contribution in [-0.2, 0) is 18.3 Å². The predicted octanol–water partition coefficient (Wildman–Crippen LogP) is 15.7. The SMILES string of the molecule is C=CC(=C)c1ccccc1CC=CC1=CC2=C(C1)CC1=C2C=CC1Cc1ccc2c(c1)C(C)(C)c1ccccc1-2.CC.Nc1cc(-c2ccccc2)cc(-c2ccccc2)c1. The molecule has 302 valence electrons. The lowest BCUT2D eigenvalue weighted by Gasteiger charge is -2.22. The van der Waals surface area contributed by atoms with Gasteiger partial charge < -0.3 is 5.73 Å². The van der Waals surface area contributed by atoms with Crippen molar-refractivity contribution < 1.29 is 0 Å². The molecule has 0 spiro atoms. The summed E-state index contributed by atoms with van der Waals surface area (Å²) in [5, 5.41) is 0. The first-order valence-electron chi connectivity index (χ1n) is 21.9. The molecule has 0 aliphatic heterocycles. The summed E-state index contributed by atoms with van der Waals surface area (Å²) in [5.74, 6) is 0.507. The van der Waals surface area contributed by atoms with Crippen LogP contribution in [0.3, 0.4) is 0 Å². The zero-order chi connectivity index (χ0) is 42.5. The van der Waals surface area contributed by atoms with E-state index < -0.39 is 0 Å². The summed E-state index contributed by atoms with van der Waals surface area (Å²) in [7, 11) is 0. The van der Waals surface area contributed by atoms with Gasteiger partial charge >= 0.3 is 0 Å². The second-order valence-electron chi connectivity index (χ2n) is 16.8. The highest BCUT2D eigenvalue weighted by molar-refractivity contribution is 5.81. The first kappa shape index (κ1) is 41.1. The highest BCUT2D eigenvalue weighted by Crippen LogP contribution is 2.51. The van der Waals surface area contributed by atoms with Gasteiger partial charge in [-0.25, -0.2) is 0 Å². The highest BCUT2D eigenvalue weighted by atomic mass is 14.5. The van der Waals surface area contributed by atoms with Crippen molar-refractivity contribution in [1.82, 2.24) is 0 Å². The molecule has 61 heavy (non-hydrogen) atoms. The van der Waals surface area contributed by atoms with Gasteiger partial charge in [0.15, 0.2) is 0 Å². The van der Waals surface area contributed by atoms with Crippen molar-refractivity contribution in [2.75, 3.05) is 5.73 Å². The molecule has 0 aromatic heterocycles. The van der Waals surface area contributed by atoms with E-state index in [0.29, 0.717) is 5.92 Å². The summed E-state index contributed by atoms with van der Waals surface area (Å²) < 4.78 is 0. The number of hydrogen-bond acceptors (Lipinski definition) is 1. The molecule has 6 aromatic carbocycles. The molecule has 6 aromatic rings. The van der Waals surface area contributed by atoms with Crippen LogP contribution in [0.4, 0.5) is 5.69 Å². The molecule has 0 fully saturated rings. The zero-order valence-corrected chi connectivity index (χ0v) is 36.2.